The monoisotopic (exact) mass is 315 g/mol. The molecule has 3 N–H and O–H groups in total. The number of nitrogens with one attached hydrogen (secondary N) is 1. The summed E-state index contributed by atoms with van der Waals surface area (Å²) in [6.07, 6.45) is 0. The molecule has 118 valence electrons. The average Bonchev–Trinajstić information content (AvgIpc) is 2.63. The highest BCUT2D eigenvalue weighted by molar-refractivity contribution is 6.09. The SMILES string of the molecule is COc1ccc(N)c(Nc2c3ccccc3nc3ccccc23)c1. The van der Waals surface area contributed by atoms with Gasteiger partial charge < -0.3 is 15.8 Å². The van der Waals surface area contributed by atoms with Crippen molar-refractivity contribution in [2.45, 2.75) is 0 Å². The summed E-state index contributed by atoms with van der Waals surface area (Å²) in [6, 6.07) is 21.8. The molecule has 3 aromatic carbocycles. The van der Waals surface area contributed by atoms with E-state index in [0.717, 1.165) is 38.9 Å². The topological polar surface area (TPSA) is 60.2 Å². The molecule has 4 rings (SSSR count). The molecule has 24 heavy (non-hydrogen) atoms. The van der Waals surface area contributed by atoms with Gasteiger partial charge in [0, 0.05) is 16.8 Å². The first-order valence-corrected chi connectivity index (χ1v) is 7.74. The molecular formula is C20H17N3O. The van der Waals surface area contributed by atoms with Gasteiger partial charge in [0.25, 0.3) is 0 Å². The summed E-state index contributed by atoms with van der Waals surface area (Å²) in [4.78, 5) is 4.74. The van der Waals surface area contributed by atoms with Crippen LogP contribution in [0.5, 0.6) is 5.75 Å². The normalized spacial score (nSPS) is 10.9. The molecule has 4 nitrogen and oxygen atoms in total. The molecule has 0 spiro atoms. The maximum absolute atomic E-state index is 6.15. The number of nitrogens with two attached hydrogens (primary N) is 1. The third kappa shape index (κ3) is 2.38. The van der Waals surface area contributed by atoms with E-state index in [2.05, 4.69) is 17.4 Å². The summed E-state index contributed by atoms with van der Waals surface area (Å²) in [7, 11) is 1.65. The van der Waals surface area contributed by atoms with Crippen molar-refractivity contribution >= 4 is 38.9 Å². The quantitative estimate of drug-likeness (QED) is 0.424. The number of hydrogen-bond acceptors (Lipinski definition) is 4. The molecular weight excluding hydrogens is 298 g/mol. The number of anilines is 3. The number of fused-ring (bicyclic) bond motifs is 2. The van der Waals surface area contributed by atoms with Crippen molar-refractivity contribution in [3.8, 4) is 5.75 Å². The average molecular weight is 315 g/mol. The van der Waals surface area contributed by atoms with E-state index in [4.69, 9.17) is 15.5 Å². The molecule has 1 heterocycles. The molecule has 0 saturated carbocycles. The van der Waals surface area contributed by atoms with E-state index in [-0.39, 0.29) is 0 Å². The van der Waals surface area contributed by atoms with Gasteiger partial charge in [0.1, 0.15) is 5.75 Å². The van der Waals surface area contributed by atoms with Crippen LogP contribution in [-0.4, -0.2) is 12.1 Å². The smallest absolute Gasteiger partial charge is 0.121 e. The lowest BCUT2D eigenvalue weighted by atomic mass is 10.1. The van der Waals surface area contributed by atoms with Gasteiger partial charge in [-0.15, -0.1) is 0 Å². The van der Waals surface area contributed by atoms with E-state index < -0.39 is 0 Å². The van der Waals surface area contributed by atoms with Gasteiger partial charge in [-0.2, -0.15) is 0 Å². The van der Waals surface area contributed by atoms with Gasteiger partial charge in [-0.05, 0) is 24.3 Å². The van der Waals surface area contributed by atoms with Crippen molar-refractivity contribution in [2.24, 2.45) is 0 Å². The molecule has 4 heteroatoms. The standard InChI is InChI=1S/C20H17N3O/c1-24-13-10-11-16(21)19(12-13)23-20-14-6-2-4-8-17(14)22-18-9-5-3-7-15(18)20/h2-12H,21H2,1H3,(H,22,23). The minimum atomic E-state index is 0.667. The summed E-state index contributed by atoms with van der Waals surface area (Å²) < 4.78 is 5.31. The number of hydrogen-bond donors (Lipinski definition) is 2. The molecule has 4 aromatic rings. The highest BCUT2D eigenvalue weighted by Gasteiger charge is 2.10. The van der Waals surface area contributed by atoms with Crippen molar-refractivity contribution < 1.29 is 4.74 Å². The number of nitrogens with zero attached hydrogens (tertiary/aromatic N) is 1. The van der Waals surface area contributed by atoms with Crippen molar-refractivity contribution in [3.05, 3.63) is 66.7 Å². The molecule has 0 bridgehead atoms. The molecule has 0 aliphatic heterocycles. The Morgan fingerprint density at radius 1 is 0.875 bits per heavy atom. The molecule has 0 radical (unpaired) electrons. The fourth-order valence-corrected chi connectivity index (χ4v) is 2.88. The number of methoxy groups -OCH3 is 1. The Bertz CT molecular complexity index is 989. The third-order valence-corrected chi connectivity index (χ3v) is 4.11. The fourth-order valence-electron chi connectivity index (χ4n) is 2.88. The number of para-hydroxylation sites is 2. The summed E-state index contributed by atoms with van der Waals surface area (Å²) in [5.41, 5.74) is 10.5. The zero-order chi connectivity index (χ0) is 16.5. The van der Waals surface area contributed by atoms with Crippen LogP contribution in [0, 0.1) is 0 Å². The lowest BCUT2D eigenvalue weighted by Crippen LogP contribution is -1.99. The molecule has 0 aliphatic rings. The summed E-state index contributed by atoms with van der Waals surface area (Å²) >= 11 is 0. The minimum absolute atomic E-state index is 0.667. The molecule has 0 amide bonds. The highest BCUT2D eigenvalue weighted by Crippen LogP contribution is 2.35. The Hall–Kier alpha value is -3.27. The first-order chi connectivity index (χ1) is 11.8. The molecule has 0 aliphatic carbocycles. The van der Waals surface area contributed by atoms with Gasteiger partial charge in [-0.25, -0.2) is 4.98 Å². The van der Waals surface area contributed by atoms with Crippen LogP contribution in [0.15, 0.2) is 66.7 Å². The van der Waals surface area contributed by atoms with Crippen molar-refractivity contribution in [1.82, 2.24) is 4.98 Å². The highest BCUT2D eigenvalue weighted by atomic mass is 16.5. The zero-order valence-corrected chi connectivity index (χ0v) is 13.3. The zero-order valence-electron chi connectivity index (χ0n) is 13.3. The van der Waals surface area contributed by atoms with Crippen molar-refractivity contribution in [1.29, 1.82) is 0 Å². The van der Waals surface area contributed by atoms with Gasteiger partial charge in [0.15, 0.2) is 0 Å². The lowest BCUT2D eigenvalue weighted by molar-refractivity contribution is 0.415. The van der Waals surface area contributed by atoms with E-state index in [9.17, 15) is 0 Å². The van der Waals surface area contributed by atoms with Gasteiger partial charge in [0.05, 0.1) is 35.2 Å². The molecule has 1 aromatic heterocycles. The Kier molecular flexibility index (Phi) is 3.43. The largest absolute Gasteiger partial charge is 0.497 e. The Labute approximate surface area is 139 Å². The van der Waals surface area contributed by atoms with Crippen LogP contribution >= 0.6 is 0 Å². The number of nitrogen functional groups attached to an aromatic ring is 1. The van der Waals surface area contributed by atoms with E-state index in [1.807, 2.05) is 54.6 Å². The molecule has 0 atom stereocenters. The van der Waals surface area contributed by atoms with Crippen LogP contribution in [0.4, 0.5) is 17.1 Å². The van der Waals surface area contributed by atoms with Gasteiger partial charge >= 0.3 is 0 Å². The second-order valence-corrected chi connectivity index (χ2v) is 5.60. The first-order valence-electron chi connectivity index (χ1n) is 7.74. The third-order valence-electron chi connectivity index (χ3n) is 4.11. The predicted octanol–water partition coefficient (Wildman–Crippen LogP) is 4.72. The predicted molar refractivity (Wildman–Crippen MR) is 99.9 cm³/mol. The van der Waals surface area contributed by atoms with E-state index >= 15 is 0 Å². The number of aromatic nitrogens is 1. The summed E-state index contributed by atoms with van der Waals surface area (Å²) in [6.45, 7) is 0. The summed E-state index contributed by atoms with van der Waals surface area (Å²) in [5.74, 6) is 0.759. The van der Waals surface area contributed by atoms with E-state index in [1.165, 1.54) is 0 Å². The van der Waals surface area contributed by atoms with Gasteiger partial charge in [-0.1, -0.05) is 36.4 Å². The Balaban J connectivity index is 1.97. The molecule has 0 fully saturated rings. The van der Waals surface area contributed by atoms with E-state index in [0.29, 0.717) is 5.69 Å². The van der Waals surface area contributed by atoms with Crippen LogP contribution in [0.25, 0.3) is 21.8 Å². The molecule has 0 unspecified atom stereocenters. The first kappa shape index (κ1) is 14.3. The van der Waals surface area contributed by atoms with Crippen molar-refractivity contribution in [2.75, 3.05) is 18.2 Å². The number of benzene rings is 3. The van der Waals surface area contributed by atoms with Crippen LogP contribution < -0.4 is 15.8 Å². The maximum atomic E-state index is 6.15. The van der Waals surface area contributed by atoms with Gasteiger partial charge in [-0.3, -0.25) is 0 Å². The van der Waals surface area contributed by atoms with Crippen LogP contribution in [0.3, 0.4) is 0 Å². The fraction of sp³-hybridized carbons (Fsp3) is 0.0500. The lowest BCUT2D eigenvalue weighted by Gasteiger charge is -2.15. The second-order valence-electron chi connectivity index (χ2n) is 5.60. The Morgan fingerprint density at radius 2 is 1.50 bits per heavy atom. The number of rotatable bonds is 3. The van der Waals surface area contributed by atoms with Crippen LogP contribution in [-0.2, 0) is 0 Å². The van der Waals surface area contributed by atoms with Crippen molar-refractivity contribution in [3.63, 3.8) is 0 Å². The minimum Gasteiger partial charge on any atom is -0.497 e. The number of pyridine rings is 1. The maximum Gasteiger partial charge on any atom is 0.121 e. The van der Waals surface area contributed by atoms with Crippen LogP contribution in [0.1, 0.15) is 0 Å². The summed E-state index contributed by atoms with van der Waals surface area (Å²) in [5, 5.41) is 5.60. The van der Waals surface area contributed by atoms with Crippen LogP contribution in [0.2, 0.25) is 0 Å². The second kappa shape index (κ2) is 5.74. The van der Waals surface area contributed by atoms with Gasteiger partial charge in [0.2, 0.25) is 0 Å². The molecule has 0 saturated heterocycles. The van der Waals surface area contributed by atoms with E-state index in [1.54, 1.807) is 7.11 Å². The Morgan fingerprint density at radius 3 is 2.12 bits per heavy atom. The number of ether oxygens (including phenoxy) is 1.